The van der Waals surface area contributed by atoms with Gasteiger partial charge in [-0.25, -0.2) is 0 Å². The number of hydrogen-bond donors (Lipinski definition) is 1. The summed E-state index contributed by atoms with van der Waals surface area (Å²) in [5, 5.41) is 3.97. The summed E-state index contributed by atoms with van der Waals surface area (Å²) < 4.78 is 5.63. The van der Waals surface area contributed by atoms with Crippen LogP contribution in [0.1, 0.15) is 12.5 Å². The van der Waals surface area contributed by atoms with Crippen molar-refractivity contribution in [2.45, 2.75) is 19.6 Å². The van der Waals surface area contributed by atoms with Crippen LogP contribution in [-0.2, 0) is 16.1 Å². The number of carbonyl (C=O) groups excluding carboxylic acids is 1. The molecule has 1 saturated heterocycles. The topological polar surface area (TPSA) is 41.6 Å². The molecule has 0 aromatic heterocycles. The van der Waals surface area contributed by atoms with Gasteiger partial charge in [0.2, 0.25) is 5.91 Å². The zero-order chi connectivity index (χ0) is 14.5. The van der Waals surface area contributed by atoms with E-state index in [1.807, 2.05) is 12.1 Å². The second kappa shape index (κ2) is 7.27. The molecule has 20 heavy (non-hydrogen) atoms. The summed E-state index contributed by atoms with van der Waals surface area (Å²) in [4.78, 5) is 13.2. The Morgan fingerprint density at radius 1 is 1.50 bits per heavy atom. The molecule has 1 amide bonds. The number of hydrogen-bond acceptors (Lipinski definition) is 3. The molecule has 1 aromatic carbocycles. The summed E-state index contributed by atoms with van der Waals surface area (Å²) in [6, 6.07) is 5.66. The van der Waals surface area contributed by atoms with Crippen LogP contribution < -0.4 is 5.32 Å². The van der Waals surface area contributed by atoms with Gasteiger partial charge in [0.1, 0.15) is 0 Å². The molecule has 0 aliphatic carbocycles. The van der Waals surface area contributed by atoms with Crippen LogP contribution in [0, 0.1) is 0 Å². The number of rotatable bonds is 4. The van der Waals surface area contributed by atoms with Crippen LogP contribution >= 0.6 is 23.2 Å². The Kier molecular flexibility index (Phi) is 5.66. The highest BCUT2D eigenvalue weighted by atomic mass is 35.5. The maximum Gasteiger partial charge on any atom is 0.216 e. The van der Waals surface area contributed by atoms with Crippen LogP contribution in [0.2, 0.25) is 10.0 Å². The third kappa shape index (κ3) is 4.35. The first-order chi connectivity index (χ1) is 9.56. The maximum atomic E-state index is 10.9. The Morgan fingerprint density at radius 3 is 3.05 bits per heavy atom. The lowest BCUT2D eigenvalue weighted by molar-refractivity contribution is -0.120. The standard InChI is InChI=1S/C14H18Cl2N2O2/c1-10(19)17-7-12-9-18(5-6-20-12)8-11-3-2-4-13(15)14(11)16/h2-4,12H,5-9H2,1H3,(H,17,19)/t12-/m1/s1. The lowest BCUT2D eigenvalue weighted by Gasteiger charge is -2.33. The smallest absolute Gasteiger partial charge is 0.216 e. The lowest BCUT2D eigenvalue weighted by Crippen LogP contribution is -2.46. The van der Waals surface area contributed by atoms with Crippen LogP contribution in [-0.4, -0.2) is 43.2 Å². The molecule has 1 aliphatic rings. The summed E-state index contributed by atoms with van der Waals surface area (Å²) in [5.74, 6) is -0.0383. The summed E-state index contributed by atoms with van der Waals surface area (Å²) in [6.07, 6.45) is 0.0191. The van der Waals surface area contributed by atoms with E-state index < -0.39 is 0 Å². The second-order valence-electron chi connectivity index (χ2n) is 4.88. The molecular formula is C14H18Cl2N2O2. The predicted molar refractivity (Wildman–Crippen MR) is 80.2 cm³/mol. The molecule has 0 bridgehead atoms. The molecule has 0 saturated carbocycles. The second-order valence-corrected chi connectivity index (χ2v) is 5.66. The van der Waals surface area contributed by atoms with Crippen molar-refractivity contribution in [2.75, 3.05) is 26.2 Å². The molecule has 110 valence electrons. The Labute approximate surface area is 129 Å². The van der Waals surface area contributed by atoms with Crippen molar-refractivity contribution in [3.63, 3.8) is 0 Å². The van der Waals surface area contributed by atoms with Gasteiger partial charge in [0.15, 0.2) is 0 Å². The Bertz CT molecular complexity index is 482. The Morgan fingerprint density at radius 2 is 2.30 bits per heavy atom. The quantitative estimate of drug-likeness (QED) is 0.927. The Balaban J connectivity index is 1.92. The fraction of sp³-hybridized carbons (Fsp3) is 0.500. The van der Waals surface area contributed by atoms with Gasteiger partial charge in [-0.3, -0.25) is 9.69 Å². The molecule has 0 spiro atoms. The van der Waals surface area contributed by atoms with Gasteiger partial charge < -0.3 is 10.1 Å². The molecular weight excluding hydrogens is 299 g/mol. The van der Waals surface area contributed by atoms with Gasteiger partial charge in [0, 0.05) is 33.1 Å². The normalized spacial score (nSPS) is 19.9. The number of carbonyl (C=O) groups is 1. The van der Waals surface area contributed by atoms with Gasteiger partial charge in [0.05, 0.1) is 22.8 Å². The molecule has 6 heteroatoms. The molecule has 2 rings (SSSR count). The summed E-state index contributed by atoms with van der Waals surface area (Å²) in [6.45, 7) is 5.05. The minimum absolute atomic E-state index is 0.0191. The van der Waals surface area contributed by atoms with Crippen molar-refractivity contribution < 1.29 is 9.53 Å². The summed E-state index contributed by atoms with van der Waals surface area (Å²) in [7, 11) is 0. The molecule has 0 radical (unpaired) electrons. The van der Waals surface area contributed by atoms with Crippen LogP contribution in [0.5, 0.6) is 0 Å². The minimum Gasteiger partial charge on any atom is -0.374 e. The molecule has 0 unspecified atom stereocenters. The van der Waals surface area contributed by atoms with E-state index in [0.29, 0.717) is 23.2 Å². The number of benzene rings is 1. The monoisotopic (exact) mass is 316 g/mol. The van der Waals surface area contributed by atoms with Crippen molar-refractivity contribution in [3.8, 4) is 0 Å². The van der Waals surface area contributed by atoms with Gasteiger partial charge in [-0.15, -0.1) is 0 Å². The SMILES string of the molecule is CC(=O)NC[C@@H]1CN(Cc2cccc(Cl)c2Cl)CCO1. The fourth-order valence-electron chi connectivity index (χ4n) is 2.22. The van der Waals surface area contributed by atoms with Gasteiger partial charge in [0.25, 0.3) is 0 Å². The third-order valence-corrected chi connectivity index (χ3v) is 4.09. The van der Waals surface area contributed by atoms with Crippen molar-refractivity contribution in [1.82, 2.24) is 10.2 Å². The van der Waals surface area contributed by atoms with Crippen molar-refractivity contribution in [3.05, 3.63) is 33.8 Å². The zero-order valence-corrected chi connectivity index (χ0v) is 12.9. The average Bonchev–Trinajstić information content (AvgIpc) is 2.42. The van der Waals surface area contributed by atoms with Crippen LogP contribution in [0.25, 0.3) is 0 Å². The van der Waals surface area contributed by atoms with E-state index in [1.165, 1.54) is 6.92 Å². The van der Waals surface area contributed by atoms with E-state index >= 15 is 0 Å². The van der Waals surface area contributed by atoms with Gasteiger partial charge in [-0.05, 0) is 11.6 Å². The van der Waals surface area contributed by atoms with E-state index in [4.69, 9.17) is 27.9 Å². The van der Waals surface area contributed by atoms with E-state index in [2.05, 4.69) is 10.2 Å². The molecule has 4 nitrogen and oxygen atoms in total. The number of amides is 1. The number of nitrogens with one attached hydrogen (secondary N) is 1. The highest BCUT2D eigenvalue weighted by Gasteiger charge is 2.21. The van der Waals surface area contributed by atoms with Gasteiger partial charge in [-0.1, -0.05) is 35.3 Å². The zero-order valence-electron chi connectivity index (χ0n) is 11.4. The first kappa shape index (κ1) is 15.6. The van der Waals surface area contributed by atoms with Crippen molar-refractivity contribution in [2.24, 2.45) is 0 Å². The average molecular weight is 317 g/mol. The first-order valence-corrected chi connectivity index (χ1v) is 7.33. The first-order valence-electron chi connectivity index (χ1n) is 6.57. The minimum atomic E-state index is -0.0383. The third-order valence-electron chi connectivity index (χ3n) is 3.23. The van der Waals surface area contributed by atoms with Crippen LogP contribution in [0.4, 0.5) is 0 Å². The van der Waals surface area contributed by atoms with Crippen molar-refractivity contribution >= 4 is 29.1 Å². The summed E-state index contributed by atoms with van der Waals surface area (Å²) >= 11 is 12.2. The van der Waals surface area contributed by atoms with E-state index in [-0.39, 0.29) is 12.0 Å². The summed E-state index contributed by atoms with van der Waals surface area (Å²) in [5.41, 5.74) is 1.01. The van der Waals surface area contributed by atoms with Crippen LogP contribution in [0.15, 0.2) is 18.2 Å². The predicted octanol–water partition coefficient (Wildman–Crippen LogP) is 2.33. The van der Waals surface area contributed by atoms with Gasteiger partial charge >= 0.3 is 0 Å². The van der Waals surface area contributed by atoms with E-state index in [0.717, 1.165) is 25.2 Å². The number of halogens is 2. The van der Waals surface area contributed by atoms with Crippen LogP contribution in [0.3, 0.4) is 0 Å². The van der Waals surface area contributed by atoms with Gasteiger partial charge in [-0.2, -0.15) is 0 Å². The molecule has 1 atom stereocenters. The molecule has 1 fully saturated rings. The number of morpholine rings is 1. The fourth-order valence-corrected chi connectivity index (χ4v) is 2.60. The van der Waals surface area contributed by atoms with E-state index in [9.17, 15) is 4.79 Å². The highest BCUT2D eigenvalue weighted by Crippen LogP contribution is 2.26. The molecule has 1 aromatic rings. The molecule has 1 heterocycles. The highest BCUT2D eigenvalue weighted by molar-refractivity contribution is 6.42. The molecule has 1 N–H and O–H groups in total. The van der Waals surface area contributed by atoms with Crippen molar-refractivity contribution in [1.29, 1.82) is 0 Å². The lowest BCUT2D eigenvalue weighted by atomic mass is 10.2. The number of nitrogens with zero attached hydrogens (tertiary/aromatic N) is 1. The van der Waals surface area contributed by atoms with E-state index in [1.54, 1.807) is 6.07 Å². The molecule has 1 aliphatic heterocycles. The Hall–Kier alpha value is -0.810. The number of ether oxygens (including phenoxy) is 1. The maximum absolute atomic E-state index is 10.9. The largest absolute Gasteiger partial charge is 0.374 e.